The van der Waals surface area contributed by atoms with Crippen molar-refractivity contribution in [3.8, 4) is 5.75 Å². The van der Waals surface area contributed by atoms with Crippen LogP contribution < -0.4 is 10.1 Å². The largest absolute Gasteiger partial charge is 0.434 e. The van der Waals surface area contributed by atoms with Crippen LogP contribution in [0.2, 0.25) is 0 Å². The molecule has 1 aromatic carbocycles. The molecular formula is C18H19F5N2O3. The second-order valence-electron chi connectivity index (χ2n) is 6.20. The summed E-state index contributed by atoms with van der Waals surface area (Å²) in [5.41, 5.74) is -0.608. The first-order valence-corrected chi connectivity index (χ1v) is 8.45. The Balaban J connectivity index is 2.15. The van der Waals surface area contributed by atoms with Crippen molar-refractivity contribution in [2.24, 2.45) is 5.92 Å². The zero-order chi connectivity index (χ0) is 20.9. The van der Waals surface area contributed by atoms with E-state index in [0.717, 1.165) is 18.2 Å². The molecule has 2 amide bonds. The van der Waals surface area contributed by atoms with Gasteiger partial charge in [-0.1, -0.05) is 24.8 Å². The van der Waals surface area contributed by atoms with Crippen LogP contribution in [0.3, 0.4) is 0 Å². The van der Waals surface area contributed by atoms with Crippen molar-refractivity contribution in [1.82, 2.24) is 10.2 Å². The van der Waals surface area contributed by atoms with E-state index < -0.39 is 42.0 Å². The van der Waals surface area contributed by atoms with E-state index in [2.05, 4.69) is 11.3 Å². The highest BCUT2D eigenvalue weighted by atomic mass is 19.4. The van der Waals surface area contributed by atoms with Crippen molar-refractivity contribution < 1.29 is 36.3 Å². The average Bonchev–Trinajstić information content (AvgIpc) is 2.64. The second kappa shape index (κ2) is 9.03. The van der Waals surface area contributed by atoms with Gasteiger partial charge in [0.2, 0.25) is 11.8 Å². The molecule has 154 valence electrons. The molecule has 0 bridgehead atoms. The molecular weight excluding hydrogens is 387 g/mol. The summed E-state index contributed by atoms with van der Waals surface area (Å²) in [4.78, 5) is 25.4. The molecule has 0 aliphatic carbocycles. The van der Waals surface area contributed by atoms with E-state index in [1.165, 1.54) is 17.0 Å². The van der Waals surface area contributed by atoms with Gasteiger partial charge in [0.25, 0.3) is 0 Å². The number of para-hydroxylation sites is 1. The van der Waals surface area contributed by atoms with Gasteiger partial charge in [-0.05, 0) is 25.0 Å². The number of nitrogens with zero attached hydrogens (tertiary/aromatic N) is 1. The van der Waals surface area contributed by atoms with E-state index in [-0.39, 0.29) is 31.8 Å². The summed E-state index contributed by atoms with van der Waals surface area (Å²) >= 11 is 0. The van der Waals surface area contributed by atoms with Gasteiger partial charge in [0.15, 0.2) is 6.04 Å². The number of benzene rings is 1. The van der Waals surface area contributed by atoms with E-state index in [9.17, 15) is 31.5 Å². The summed E-state index contributed by atoms with van der Waals surface area (Å²) in [5.74, 6) is -2.57. The van der Waals surface area contributed by atoms with Crippen LogP contribution in [0.4, 0.5) is 22.0 Å². The first kappa shape index (κ1) is 21.6. The zero-order valence-corrected chi connectivity index (χ0v) is 14.7. The van der Waals surface area contributed by atoms with Crippen molar-refractivity contribution in [2.75, 3.05) is 13.1 Å². The number of amides is 2. The summed E-state index contributed by atoms with van der Waals surface area (Å²) in [6.45, 7) is 0.476. The number of alkyl halides is 5. The molecule has 1 aromatic rings. The van der Waals surface area contributed by atoms with Gasteiger partial charge in [0.05, 0.1) is 0 Å². The number of hydrogen-bond acceptors (Lipinski definition) is 3. The third-order valence-electron chi connectivity index (χ3n) is 4.41. The van der Waals surface area contributed by atoms with E-state index in [0.29, 0.717) is 0 Å². The Kier molecular flexibility index (Phi) is 6.98. The maximum atomic E-state index is 13.5. The van der Waals surface area contributed by atoms with Crippen LogP contribution >= 0.6 is 0 Å². The molecule has 1 heterocycles. The lowest BCUT2D eigenvalue weighted by atomic mass is 9.94. The first-order valence-electron chi connectivity index (χ1n) is 8.45. The molecule has 1 saturated heterocycles. The molecule has 0 radical (unpaired) electrons. The lowest BCUT2D eigenvalue weighted by molar-refractivity contribution is -0.166. The number of halogens is 5. The Morgan fingerprint density at radius 3 is 2.36 bits per heavy atom. The number of likely N-dealkylation sites (tertiary alicyclic amines) is 1. The van der Waals surface area contributed by atoms with Gasteiger partial charge in [-0.25, -0.2) is 0 Å². The van der Waals surface area contributed by atoms with Crippen molar-refractivity contribution in [3.63, 3.8) is 0 Å². The Morgan fingerprint density at radius 2 is 1.82 bits per heavy atom. The Morgan fingerprint density at radius 1 is 1.21 bits per heavy atom. The Bertz CT molecular complexity index is 715. The molecule has 10 heteroatoms. The number of piperidine rings is 1. The van der Waals surface area contributed by atoms with Crippen molar-refractivity contribution in [2.45, 2.75) is 31.7 Å². The summed E-state index contributed by atoms with van der Waals surface area (Å²) in [6.07, 6.45) is -3.42. The van der Waals surface area contributed by atoms with Crippen LogP contribution in [0.25, 0.3) is 0 Å². The molecule has 0 aromatic heterocycles. The van der Waals surface area contributed by atoms with Crippen molar-refractivity contribution in [1.29, 1.82) is 0 Å². The summed E-state index contributed by atoms with van der Waals surface area (Å²) in [5, 5.41) is 1.90. The van der Waals surface area contributed by atoms with Crippen molar-refractivity contribution >= 4 is 11.8 Å². The van der Waals surface area contributed by atoms with Gasteiger partial charge >= 0.3 is 12.8 Å². The van der Waals surface area contributed by atoms with Gasteiger partial charge in [0, 0.05) is 24.6 Å². The highest BCUT2D eigenvalue weighted by Crippen LogP contribution is 2.38. The highest BCUT2D eigenvalue weighted by molar-refractivity contribution is 5.87. The summed E-state index contributed by atoms with van der Waals surface area (Å²) in [7, 11) is 0. The number of rotatable bonds is 6. The Hall–Kier alpha value is -2.65. The van der Waals surface area contributed by atoms with Gasteiger partial charge in [-0.3, -0.25) is 9.59 Å². The fraction of sp³-hybridized carbons (Fsp3) is 0.444. The standard InChI is InChI=1S/C18H19F5N2O3/c1-2-14(26)25-9-7-11(8-10-25)16(27)24-15(18(21,22)23)12-5-3-4-6-13(12)28-17(19)20/h2-6,11,15,17H,1,7-10H2,(H,24,27). The predicted molar refractivity (Wildman–Crippen MR) is 89.5 cm³/mol. The molecule has 1 N–H and O–H groups in total. The van der Waals surface area contributed by atoms with Crippen molar-refractivity contribution in [3.05, 3.63) is 42.5 Å². The smallest absolute Gasteiger partial charge is 0.413 e. The van der Waals surface area contributed by atoms with E-state index >= 15 is 0 Å². The number of carbonyl (C=O) groups is 2. The van der Waals surface area contributed by atoms with Gasteiger partial charge in [0.1, 0.15) is 5.75 Å². The van der Waals surface area contributed by atoms with Crippen LogP contribution in [0.1, 0.15) is 24.4 Å². The molecule has 28 heavy (non-hydrogen) atoms. The maximum absolute atomic E-state index is 13.5. The third-order valence-corrected chi connectivity index (χ3v) is 4.41. The lowest BCUT2D eigenvalue weighted by Gasteiger charge is -2.32. The van der Waals surface area contributed by atoms with Crippen LogP contribution in [-0.4, -0.2) is 42.6 Å². The van der Waals surface area contributed by atoms with Gasteiger partial charge in [-0.2, -0.15) is 22.0 Å². The van der Waals surface area contributed by atoms with E-state index in [1.54, 1.807) is 0 Å². The number of nitrogens with one attached hydrogen (secondary N) is 1. The minimum absolute atomic E-state index is 0.186. The molecule has 1 fully saturated rings. The molecule has 1 aliphatic heterocycles. The SMILES string of the molecule is C=CC(=O)N1CCC(C(=O)NC(c2ccccc2OC(F)F)C(F)(F)F)CC1. The van der Waals surface area contributed by atoms with E-state index in [4.69, 9.17) is 0 Å². The predicted octanol–water partition coefficient (Wildman–Crippen LogP) is 3.43. The van der Waals surface area contributed by atoms with Crippen LogP contribution in [-0.2, 0) is 9.59 Å². The quantitative estimate of drug-likeness (QED) is 0.582. The minimum atomic E-state index is -4.92. The fourth-order valence-corrected chi connectivity index (χ4v) is 3.01. The molecule has 0 spiro atoms. The monoisotopic (exact) mass is 406 g/mol. The van der Waals surface area contributed by atoms with Crippen LogP contribution in [0.15, 0.2) is 36.9 Å². The summed E-state index contributed by atoms with van der Waals surface area (Å²) < 4.78 is 69.8. The lowest BCUT2D eigenvalue weighted by Crippen LogP contribution is -2.45. The zero-order valence-electron chi connectivity index (χ0n) is 14.7. The molecule has 2 rings (SSSR count). The second-order valence-corrected chi connectivity index (χ2v) is 6.20. The van der Waals surface area contributed by atoms with Crippen LogP contribution in [0, 0.1) is 5.92 Å². The fourth-order valence-electron chi connectivity index (χ4n) is 3.01. The molecule has 1 aliphatic rings. The highest BCUT2D eigenvalue weighted by Gasteiger charge is 2.44. The van der Waals surface area contributed by atoms with Gasteiger partial charge in [-0.15, -0.1) is 0 Å². The minimum Gasteiger partial charge on any atom is -0.434 e. The average molecular weight is 406 g/mol. The molecule has 1 atom stereocenters. The molecule has 5 nitrogen and oxygen atoms in total. The summed E-state index contributed by atoms with van der Waals surface area (Å²) in [6, 6.07) is 1.94. The number of carbonyl (C=O) groups excluding carboxylic acids is 2. The topological polar surface area (TPSA) is 58.6 Å². The molecule has 0 saturated carbocycles. The van der Waals surface area contributed by atoms with E-state index in [1.807, 2.05) is 5.32 Å². The van der Waals surface area contributed by atoms with Gasteiger partial charge < -0.3 is 15.0 Å². The number of ether oxygens (including phenoxy) is 1. The number of hydrogen-bond donors (Lipinski definition) is 1. The first-order chi connectivity index (χ1) is 13.1. The third kappa shape index (κ3) is 5.43. The Labute approximate surface area is 158 Å². The van der Waals surface area contributed by atoms with Crippen LogP contribution in [0.5, 0.6) is 5.75 Å². The normalized spacial score (nSPS) is 16.6. The molecule has 1 unspecified atom stereocenters. The maximum Gasteiger partial charge on any atom is 0.413 e.